The summed E-state index contributed by atoms with van der Waals surface area (Å²) in [6.45, 7) is 22.9. The first kappa shape index (κ1) is 55.1. The van der Waals surface area contributed by atoms with Gasteiger partial charge in [-0.25, -0.2) is 0 Å². The normalized spacial score (nSPS) is 35.0. The Hall–Kier alpha value is -0.830. The van der Waals surface area contributed by atoms with Crippen LogP contribution in [0.3, 0.4) is 0 Å². The number of aliphatic carboxylic acids is 1. The van der Waals surface area contributed by atoms with Gasteiger partial charge >= 0.3 is 5.97 Å². The number of unbranched alkanes of at least 4 members (excludes halogenated alkanes) is 28. The van der Waals surface area contributed by atoms with Gasteiger partial charge < -0.3 is 10.2 Å². The maximum atomic E-state index is 12.6. The molecule has 3 nitrogen and oxygen atoms in total. The second kappa shape index (κ2) is 25.9. The number of carbonyl (C=O) groups is 1. The molecule has 10 atom stereocenters. The number of rotatable bonds is 33. The van der Waals surface area contributed by atoms with Crippen molar-refractivity contribution in [3.05, 3.63) is 12.2 Å². The van der Waals surface area contributed by atoms with Crippen LogP contribution in [0.2, 0.25) is 0 Å². The second-order valence-electron chi connectivity index (χ2n) is 26.2. The highest BCUT2D eigenvalue weighted by molar-refractivity contribution is 5.66. The summed E-state index contributed by atoms with van der Waals surface area (Å²) >= 11 is 0. The smallest absolute Gasteiger partial charge is 0.303 e. The van der Waals surface area contributed by atoms with E-state index in [0.717, 1.165) is 49.4 Å². The summed E-state index contributed by atoms with van der Waals surface area (Å²) in [5.41, 5.74) is 2.66. The molecule has 5 saturated carbocycles. The van der Waals surface area contributed by atoms with Crippen LogP contribution in [-0.4, -0.2) is 21.8 Å². The zero-order valence-corrected chi connectivity index (χ0v) is 44.9. The third-order valence-corrected chi connectivity index (χ3v) is 21.9. The van der Waals surface area contributed by atoms with Crippen molar-refractivity contribution in [2.45, 2.75) is 317 Å². The molecule has 0 amide bonds. The van der Waals surface area contributed by atoms with E-state index in [1.165, 1.54) is 237 Å². The number of hydrogen-bond donors (Lipinski definition) is 2. The average molecular weight is 906 g/mol. The lowest BCUT2D eigenvalue weighted by molar-refractivity contribution is -0.265. The molecule has 5 rings (SSSR count). The maximum Gasteiger partial charge on any atom is 0.303 e. The average Bonchev–Trinajstić information content (AvgIpc) is 3.62. The minimum Gasteiger partial charge on any atom is -0.481 e. The van der Waals surface area contributed by atoms with Crippen molar-refractivity contribution in [2.24, 2.45) is 56.7 Å². The molecule has 0 radical (unpaired) electrons. The standard InChI is InChI=1S/C62H112O3/c1-50(2)51-41-44-58(5)46-48-60(7)52(56(51)58)39-40-54-59(6)47-49-62(65,57(3,4)53(59)42-45-61(54,60)8)43-37-35-33-31-29-27-25-23-21-19-17-15-13-11-9-10-12-14-16-18-20-22-24-26-28-30-32-34-36-38-55(63)64/h51-54,56,65H,1,9-49H2,2-8H3,(H,63,64)/t51-,52+,53-,54+,56+,58+,59-,60+,61+,62?/m0/s1. The molecule has 65 heavy (non-hydrogen) atoms. The Morgan fingerprint density at radius 3 is 1.34 bits per heavy atom. The monoisotopic (exact) mass is 905 g/mol. The Kier molecular flexibility index (Phi) is 21.9. The fourth-order valence-corrected chi connectivity index (χ4v) is 17.4. The summed E-state index contributed by atoms with van der Waals surface area (Å²) in [4.78, 5) is 10.6. The van der Waals surface area contributed by atoms with Gasteiger partial charge in [0.1, 0.15) is 0 Å². The summed E-state index contributed by atoms with van der Waals surface area (Å²) in [6, 6.07) is 0. The molecular formula is C62H112O3. The van der Waals surface area contributed by atoms with E-state index in [1.807, 2.05) is 0 Å². The summed E-state index contributed by atoms with van der Waals surface area (Å²) in [5, 5.41) is 21.3. The van der Waals surface area contributed by atoms with Gasteiger partial charge in [-0.15, -0.1) is 0 Å². The van der Waals surface area contributed by atoms with Crippen LogP contribution in [0, 0.1) is 56.7 Å². The zero-order valence-electron chi connectivity index (χ0n) is 44.9. The van der Waals surface area contributed by atoms with Crippen LogP contribution < -0.4 is 0 Å². The second-order valence-corrected chi connectivity index (χ2v) is 26.2. The first-order valence-corrected chi connectivity index (χ1v) is 29.7. The molecule has 0 aliphatic heterocycles. The van der Waals surface area contributed by atoms with Gasteiger partial charge in [0.25, 0.3) is 0 Å². The van der Waals surface area contributed by atoms with Gasteiger partial charge in [-0.2, -0.15) is 0 Å². The molecule has 0 aromatic heterocycles. The highest BCUT2D eigenvalue weighted by atomic mass is 16.4. The van der Waals surface area contributed by atoms with Crippen LogP contribution in [0.4, 0.5) is 0 Å². The van der Waals surface area contributed by atoms with Crippen molar-refractivity contribution in [1.82, 2.24) is 0 Å². The molecule has 3 heteroatoms. The lowest BCUT2D eigenvalue weighted by atomic mass is 9.31. The molecule has 0 aromatic carbocycles. The number of hydrogen-bond acceptors (Lipinski definition) is 2. The topological polar surface area (TPSA) is 57.5 Å². The number of carboxylic acids is 1. The van der Waals surface area contributed by atoms with Crippen molar-refractivity contribution in [1.29, 1.82) is 0 Å². The molecule has 0 heterocycles. The van der Waals surface area contributed by atoms with Gasteiger partial charge in [0.05, 0.1) is 5.60 Å². The van der Waals surface area contributed by atoms with Crippen molar-refractivity contribution in [3.63, 3.8) is 0 Å². The first-order valence-electron chi connectivity index (χ1n) is 29.7. The summed E-state index contributed by atoms with van der Waals surface area (Å²) < 4.78 is 0. The van der Waals surface area contributed by atoms with Gasteiger partial charge in [0.2, 0.25) is 0 Å². The van der Waals surface area contributed by atoms with Crippen molar-refractivity contribution >= 4 is 5.97 Å². The van der Waals surface area contributed by atoms with E-state index in [2.05, 4.69) is 55.0 Å². The van der Waals surface area contributed by atoms with Gasteiger partial charge in [-0.3, -0.25) is 4.79 Å². The molecule has 0 bridgehead atoms. The highest BCUT2D eigenvalue weighted by Gasteiger charge is 2.71. The Morgan fingerprint density at radius 1 is 0.477 bits per heavy atom. The molecule has 0 saturated heterocycles. The first-order chi connectivity index (χ1) is 31.1. The van der Waals surface area contributed by atoms with Crippen molar-refractivity contribution < 1.29 is 15.0 Å². The predicted octanol–water partition coefficient (Wildman–Crippen LogP) is 19.6. The van der Waals surface area contributed by atoms with E-state index in [4.69, 9.17) is 5.11 Å². The minimum absolute atomic E-state index is 0.0162. The van der Waals surface area contributed by atoms with E-state index < -0.39 is 11.6 Å². The molecule has 378 valence electrons. The highest BCUT2D eigenvalue weighted by Crippen LogP contribution is 2.78. The summed E-state index contributed by atoms with van der Waals surface area (Å²) in [5.74, 6) is 3.20. The maximum absolute atomic E-state index is 12.6. The molecule has 0 spiro atoms. The fourth-order valence-electron chi connectivity index (χ4n) is 17.4. The molecule has 1 unspecified atom stereocenters. The van der Waals surface area contributed by atoms with Crippen LogP contribution in [0.1, 0.15) is 312 Å². The molecule has 5 aliphatic carbocycles. The summed E-state index contributed by atoms with van der Waals surface area (Å²) in [7, 11) is 0. The number of fused-ring (bicyclic) bond motifs is 7. The fraction of sp³-hybridized carbons (Fsp3) is 0.952. The quantitative estimate of drug-likeness (QED) is 0.0510. The summed E-state index contributed by atoms with van der Waals surface area (Å²) in [6.07, 6.45) is 54.4. The Labute approximate surface area is 405 Å². The molecule has 2 N–H and O–H groups in total. The molecule has 0 aromatic rings. The van der Waals surface area contributed by atoms with Gasteiger partial charge in [-0.1, -0.05) is 233 Å². The number of carboxylic acid groups (broad SMARTS) is 1. The third kappa shape index (κ3) is 13.7. The van der Waals surface area contributed by atoms with E-state index in [9.17, 15) is 9.90 Å². The lowest BCUT2D eigenvalue weighted by Gasteiger charge is -2.73. The van der Waals surface area contributed by atoms with Crippen LogP contribution in [0.15, 0.2) is 12.2 Å². The number of allylic oxidation sites excluding steroid dienone is 1. The van der Waals surface area contributed by atoms with E-state index in [-0.39, 0.29) is 5.41 Å². The van der Waals surface area contributed by atoms with Crippen LogP contribution in [-0.2, 0) is 4.79 Å². The van der Waals surface area contributed by atoms with Crippen LogP contribution in [0.25, 0.3) is 0 Å². The minimum atomic E-state index is -0.650. The van der Waals surface area contributed by atoms with E-state index >= 15 is 0 Å². The van der Waals surface area contributed by atoms with E-state index in [0.29, 0.717) is 34.0 Å². The SMILES string of the molecule is C=C(C)[C@@H]1CC[C@]2(C)CC[C@]3(C)[C@H](CC[C@@H]4[C@@]5(C)CCC(O)(CCCCCCCCCCCCCCCCCCCCCCCCCCCCCCCC(=O)O)C(C)(C)[C@@H]5CC[C@]43C)[C@@H]12. The van der Waals surface area contributed by atoms with E-state index in [1.54, 1.807) is 0 Å². The predicted molar refractivity (Wildman–Crippen MR) is 280 cm³/mol. The van der Waals surface area contributed by atoms with Crippen molar-refractivity contribution in [2.75, 3.05) is 0 Å². The zero-order chi connectivity index (χ0) is 47.0. The van der Waals surface area contributed by atoms with Gasteiger partial charge in [-0.05, 0) is 141 Å². The Morgan fingerprint density at radius 2 is 0.908 bits per heavy atom. The van der Waals surface area contributed by atoms with Crippen LogP contribution in [0.5, 0.6) is 0 Å². The van der Waals surface area contributed by atoms with Gasteiger partial charge in [0, 0.05) is 6.42 Å². The van der Waals surface area contributed by atoms with Gasteiger partial charge in [0.15, 0.2) is 0 Å². The van der Waals surface area contributed by atoms with Crippen LogP contribution >= 0.6 is 0 Å². The number of aliphatic hydroxyl groups is 1. The Bertz CT molecular complexity index is 1400. The molecular weight excluding hydrogens is 793 g/mol. The third-order valence-electron chi connectivity index (χ3n) is 21.9. The molecule has 5 aliphatic rings. The Balaban J connectivity index is 0.834. The molecule has 5 fully saturated rings. The van der Waals surface area contributed by atoms with Crippen molar-refractivity contribution in [3.8, 4) is 0 Å². The lowest BCUT2D eigenvalue weighted by Crippen LogP contribution is -2.68. The largest absolute Gasteiger partial charge is 0.481 e.